The number of rotatable bonds is 7. The van der Waals surface area contributed by atoms with Crippen molar-refractivity contribution >= 4 is 17.2 Å². The van der Waals surface area contributed by atoms with Gasteiger partial charge in [0.1, 0.15) is 0 Å². The molecule has 8 heteroatoms. The van der Waals surface area contributed by atoms with Crippen molar-refractivity contribution in [1.29, 1.82) is 0 Å². The third kappa shape index (κ3) is 5.11. The van der Waals surface area contributed by atoms with Gasteiger partial charge in [0.25, 0.3) is 5.91 Å². The lowest BCUT2D eigenvalue weighted by Gasteiger charge is -2.30. The molecule has 1 amide bonds. The van der Waals surface area contributed by atoms with E-state index >= 15 is 0 Å². The van der Waals surface area contributed by atoms with Gasteiger partial charge in [-0.2, -0.15) is 5.21 Å². The van der Waals surface area contributed by atoms with Gasteiger partial charge in [-0.1, -0.05) is 26.0 Å². The molecule has 0 spiro atoms. The van der Waals surface area contributed by atoms with Crippen LogP contribution in [0, 0.1) is 5.41 Å². The molecule has 26 heavy (non-hydrogen) atoms. The highest BCUT2D eigenvalue weighted by Gasteiger charge is 2.30. The lowest BCUT2D eigenvalue weighted by molar-refractivity contribution is 0.0957. The molecule has 0 aliphatic carbocycles. The van der Waals surface area contributed by atoms with Gasteiger partial charge in [0.2, 0.25) is 0 Å². The van der Waals surface area contributed by atoms with Gasteiger partial charge in [0, 0.05) is 30.4 Å². The minimum absolute atomic E-state index is 0.00901. The zero-order valence-electron chi connectivity index (χ0n) is 15.8. The average molecular weight is 377 g/mol. The molecule has 1 atom stereocenters. The number of hydrogen-bond donors (Lipinski definition) is 2. The smallest absolute Gasteiger partial charge is 0.261 e. The van der Waals surface area contributed by atoms with Crippen molar-refractivity contribution in [2.75, 3.05) is 19.6 Å². The van der Waals surface area contributed by atoms with Crippen LogP contribution in [0.15, 0.2) is 12.1 Å². The molecule has 2 aromatic heterocycles. The highest BCUT2D eigenvalue weighted by Crippen LogP contribution is 2.37. The topological polar surface area (TPSA) is 86.8 Å². The number of nitrogens with zero attached hydrogens (tertiary/aromatic N) is 4. The van der Waals surface area contributed by atoms with Gasteiger partial charge >= 0.3 is 0 Å². The van der Waals surface area contributed by atoms with Crippen LogP contribution in [0.25, 0.3) is 0 Å². The summed E-state index contributed by atoms with van der Waals surface area (Å²) in [7, 11) is 0. The predicted octanol–water partition coefficient (Wildman–Crippen LogP) is 2.81. The van der Waals surface area contributed by atoms with Gasteiger partial charge in [-0.25, -0.2) is 0 Å². The quantitative estimate of drug-likeness (QED) is 0.726. The minimum Gasteiger partial charge on any atom is -0.351 e. The maximum atomic E-state index is 12.4. The second kappa shape index (κ2) is 8.26. The van der Waals surface area contributed by atoms with Gasteiger partial charge < -0.3 is 5.32 Å². The average Bonchev–Trinajstić information content (AvgIpc) is 3.30. The molecule has 1 aliphatic rings. The molecule has 3 heterocycles. The molecule has 1 unspecified atom stereocenters. The van der Waals surface area contributed by atoms with Crippen molar-refractivity contribution < 1.29 is 4.79 Å². The van der Waals surface area contributed by atoms with E-state index in [0.29, 0.717) is 30.2 Å². The number of carbonyl (C=O) groups is 1. The molecule has 1 fully saturated rings. The number of aryl methyl sites for hydroxylation is 1. The second-order valence-electron chi connectivity index (χ2n) is 8.08. The van der Waals surface area contributed by atoms with Crippen molar-refractivity contribution in [3.63, 3.8) is 0 Å². The summed E-state index contributed by atoms with van der Waals surface area (Å²) in [6.07, 6.45) is 3.92. The molecule has 2 aromatic rings. The number of aromatic amines is 1. The number of likely N-dealkylation sites (tertiary alicyclic amines) is 1. The van der Waals surface area contributed by atoms with E-state index in [1.165, 1.54) is 17.7 Å². The van der Waals surface area contributed by atoms with Crippen molar-refractivity contribution in [1.82, 2.24) is 30.8 Å². The number of thiophene rings is 1. The number of hydrogen-bond acceptors (Lipinski definition) is 6. The number of H-pyrrole nitrogens is 1. The van der Waals surface area contributed by atoms with Crippen LogP contribution in [0.2, 0.25) is 0 Å². The predicted molar refractivity (Wildman–Crippen MR) is 102 cm³/mol. The molecule has 0 radical (unpaired) electrons. The fourth-order valence-electron chi connectivity index (χ4n) is 3.42. The van der Waals surface area contributed by atoms with Crippen LogP contribution in [-0.4, -0.2) is 51.1 Å². The van der Waals surface area contributed by atoms with E-state index in [1.54, 1.807) is 11.3 Å². The zero-order chi connectivity index (χ0) is 18.6. The molecule has 142 valence electrons. The first-order chi connectivity index (χ1) is 12.4. The van der Waals surface area contributed by atoms with Crippen LogP contribution in [0.4, 0.5) is 0 Å². The van der Waals surface area contributed by atoms with Gasteiger partial charge in [-0.3, -0.25) is 9.69 Å². The van der Waals surface area contributed by atoms with Gasteiger partial charge in [-0.05, 0) is 43.4 Å². The molecular weight excluding hydrogens is 348 g/mol. The maximum Gasteiger partial charge on any atom is 0.261 e. The number of amides is 1. The Kier molecular flexibility index (Phi) is 6.03. The summed E-state index contributed by atoms with van der Waals surface area (Å²) >= 11 is 1.63. The number of nitrogens with one attached hydrogen (secondary N) is 2. The van der Waals surface area contributed by atoms with Crippen LogP contribution in [-0.2, 0) is 6.42 Å². The van der Waals surface area contributed by atoms with Gasteiger partial charge in [0.15, 0.2) is 5.82 Å². The summed E-state index contributed by atoms with van der Waals surface area (Å²) in [6.45, 7) is 9.70. The molecule has 0 saturated carbocycles. The molecular formula is C18H28N6OS. The SMILES string of the molecule is CC(C)(C)CN1CCCC1c1ccc(C(=O)NCCCc2nn[nH]n2)s1. The Morgan fingerprint density at radius 1 is 1.42 bits per heavy atom. The van der Waals surface area contributed by atoms with Gasteiger partial charge in [0.05, 0.1) is 4.88 Å². The van der Waals surface area contributed by atoms with Crippen LogP contribution >= 0.6 is 11.3 Å². The molecule has 1 saturated heterocycles. The first-order valence-electron chi connectivity index (χ1n) is 9.27. The Bertz CT molecular complexity index is 706. The summed E-state index contributed by atoms with van der Waals surface area (Å²) in [6, 6.07) is 4.55. The van der Waals surface area contributed by atoms with Crippen molar-refractivity contribution in [2.45, 2.75) is 52.5 Å². The summed E-state index contributed by atoms with van der Waals surface area (Å²) in [5.41, 5.74) is 0.290. The number of carbonyl (C=O) groups excluding carboxylic acids is 1. The van der Waals surface area contributed by atoms with Crippen molar-refractivity contribution in [2.24, 2.45) is 5.41 Å². The fourth-order valence-corrected chi connectivity index (χ4v) is 4.52. The Labute approximate surface area is 158 Å². The first kappa shape index (κ1) is 19.0. The van der Waals surface area contributed by atoms with Crippen LogP contribution in [0.1, 0.15) is 66.4 Å². The van der Waals surface area contributed by atoms with E-state index < -0.39 is 0 Å². The second-order valence-corrected chi connectivity index (χ2v) is 9.19. The normalized spacial score (nSPS) is 18.3. The Morgan fingerprint density at radius 2 is 2.27 bits per heavy atom. The third-order valence-corrected chi connectivity index (χ3v) is 5.66. The Morgan fingerprint density at radius 3 is 3.00 bits per heavy atom. The molecule has 7 nitrogen and oxygen atoms in total. The van der Waals surface area contributed by atoms with Crippen LogP contribution < -0.4 is 5.32 Å². The number of tetrazole rings is 1. The lowest BCUT2D eigenvalue weighted by Crippen LogP contribution is -2.32. The zero-order valence-corrected chi connectivity index (χ0v) is 16.6. The Hall–Kier alpha value is -1.80. The van der Waals surface area contributed by atoms with E-state index in [4.69, 9.17) is 0 Å². The van der Waals surface area contributed by atoms with E-state index in [9.17, 15) is 4.79 Å². The maximum absolute atomic E-state index is 12.4. The summed E-state index contributed by atoms with van der Waals surface area (Å²) in [5.74, 6) is 0.688. The molecule has 0 bridgehead atoms. The third-order valence-electron chi connectivity index (χ3n) is 4.47. The highest BCUT2D eigenvalue weighted by molar-refractivity contribution is 7.14. The van der Waals surface area contributed by atoms with E-state index in [0.717, 1.165) is 24.4 Å². The van der Waals surface area contributed by atoms with Crippen LogP contribution in [0.5, 0.6) is 0 Å². The standard InChI is InChI=1S/C18H28N6OS/c1-18(2,3)12-24-11-5-6-13(24)14-8-9-15(26-14)17(25)19-10-4-7-16-20-22-23-21-16/h8-9,13H,4-7,10-12H2,1-3H3,(H,19,25)(H,20,21,22,23). The summed E-state index contributed by atoms with van der Waals surface area (Å²) in [4.78, 5) is 17.1. The lowest BCUT2D eigenvalue weighted by atomic mass is 9.95. The van der Waals surface area contributed by atoms with Crippen molar-refractivity contribution in [3.8, 4) is 0 Å². The van der Waals surface area contributed by atoms with Crippen LogP contribution in [0.3, 0.4) is 0 Å². The largest absolute Gasteiger partial charge is 0.351 e. The van der Waals surface area contributed by atoms with E-state index in [2.05, 4.69) is 57.7 Å². The van der Waals surface area contributed by atoms with E-state index in [1.807, 2.05) is 6.07 Å². The van der Waals surface area contributed by atoms with Crippen molar-refractivity contribution in [3.05, 3.63) is 27.7 Å². The highest BCUT2D eigenvalue weighted by atomic mass is 32.1. The van der Waals surface area contributed by atoms with E-state index in [-0.39, 0.29) is 5.91 Å². The first-order valence-corrected chi connectivity index (χ1v) is 10.1. The number of aromatic nitrogens is 4. The minimum atomic E-state index is 0.00901. The molecule has 0 aromatic carbocycles. The Balaban J connectivity index is 1.51. The molecule has 3 rings (SSSR count). The molecule has 1 aliphatic heterocycles. The summed E-state index contributed by atoms with van der Waals surface area (Å²) in [5, 5.41) is 16.8. The molecule has 2 N–H and O–H groups in total. The summed E-state index contributed by atoms with van der Waals surface area (Å²) < 4.78 is 0. The monoisotopic (exact) mass is 376 g/mol. The fraction of sp³-hybridized carbons (Fsp3) is 0.667. The van der Waals surface area contributed by atoms with Gasteiger partial charge in [-0.15, -0.1) is 21.5 Å².